The molecule has 0 spiro atoms. The molecule has 3 rings (SSSR count). The maximum Gasteiger partial charge on any atom is 0.331 e. The van der Waals surface area contributed by atoms with E-state index in [1.807, 2.05) is 24.3 Å². The Labute approximate surface area is 160 Å². The molecule has 1 N–H and O–H groups in total. The number of nitriles is 1. The molecule has 3 aromatic rings. The van der Waals surface area contributed by atoms with Crippen LogP contribution in [0.2, 0.25) is 0 Å². The van der Waals surface area contributed by atoms with Gasteiger partial charge in [0.25, 0.3) is 5.91 Å². The van der Waals surface area contributed by atoms with Crippen LogP contribution in [0.5, 0.6) is 0 Å². The Morgan fingerprint density at radius 2 is 1.86 bits per heavy atom. The molecular weight excluding hydrogens is 360 g/mol. The topological polar surface area (TPSA) is 118 Å². The lowest BCUT2D eigenvalue weighted by molar-refractivity contribution is -0.142. The van der Waals surface area contributed by atoms with E-state index in [0.29, 0.717) is 5.56 Å². The van der Waals surface area contributed by atoms with Crippen molar-refractivity contribution in [2.75, 3.05) is 11.9 Å². The molecule has 8 heteroatoms. The zero-order valence-corrected chi connectivity index (χ0v) is 14.5. The van der Waals surface area contributed by atoms with Gasteiger partial charge < -0.3 is 9.15 Å². The van der Waals surface area contributed by atoms with Gasteiger partial charge in [0.15, 0.2) is 6.61 Å². The molecule has 0 fully saturated rings. The van der Waals surface area contributed by atoms with Crippen LogP contribution in [0.3, 0.4) is 0 Å². The van der Waals surface area contributed by atoms with Crippen LogP contribution in [0, 0.1) is 11.3 Å². The van der Waals surface area contributed by atoms with Crippen molar-refractivity contribution in [1.82, 2.24) is 10.2 Å². The zero-order valence-electron chi connectivity index (χ0n) is 14.5. The van der Waals surface area contributed by atoms with Gasteiger partial charge in [0.2, 0.25) is 5.89 Å². The molecule has 0 aliphatic heterocycles. The molecule has 28 heavy (non-hydrogen) atoms. The Bertz CT molecular complexity index is 1030. The molecular formula is C20H14N4O4. The molecule has 0 bridgehead atoms. The highest BCUT2D eigenvalue weighted by atomic mass is 16.5. The average molecular weight is 374 g/mol. The SMILES string of the molecule is N#Cc1ccc(/C=C/C(=O)OCC(=O)Nc2nnc(-c3ccccc3)o2)cc1. The minimum absolute atomic E-state index is 0.0898. The van der Waals surface area contributed by atoms with Crippen molar-refractivity contribution in [1.29, 1.82) is 5.26 Å². The van der Waals surface area contributed by atoms with E-state index in [9.17, 15) is 9.59 Å². The molecule has 0 radical (unpaired) electrons. The number of esters is 1. The van der Waals surface area contributed by atoms with Gasteiger partial charge in [-0.25, -0.2) is 4.79 Å². The first-order valence-electron chi connectivity index (χ1n) is 8.18. The third-order valence-electron chi connectivity index (χ3n) is 3.49. The number of amides is 1. The van der Waals surface area contributed by atoms with Gasteiger partial charge in [-0.15, -0.1) is 5.10 Å². The van der Waals surface area contributed by atoms with Crippen LogP contribution in [0.25, 0.3) is 17.5 Å². The number of anilines is 1. The molecule has 0 saturated carbocycles. The standard InChI is InChI=1S/C20H14N4O4/c21-12-15-8-6-14(7-9-15)10-11-18(26)27-13-17(25)22-20-24-23-19(28-20)16-4-2-1-3-5-16/h1-11H,13H2,(H,22,24,25)/b11-10+. The van der Waals surface area contributed by atoms with Gasteiger partial charge in [-0.2, -0.15) is 5.26 Å². The molecule has 138 valence electrons. The van der Waals surface area contributed by atoms with E-state index in [-0.39, 0.29) is 11.9 Å². The second-order valence-electron chi connectivity index (χ2n) is 5.50. The number of ether oxygens (including phenoxy) is 1. The van der Waals surface area contributed by atoms with Crippen LogP contribution >= 0.6 is 0 Å². The van der Waals surface area contributed by atoms with Crippen LogP contribution in [0.1, 0.15) is 11.1 Å². The van der Waals surface area contributed by atoms with Crippen LogP contribution in [0.15, 0.2) is 65.1 Å². The molecule has 0 aliphatic rings. The smallest absolute Gasteiger partial charge is 0.331 e. The maximum atomic E-state index is 11.8. The highest BCUT2D eigenvalue weighted by Crippen LogP contribution is 2.18. The van der Waals surface area contributed by atoms with E-state index in [2.05, 4.69) is 15.5 Å². The predicted molar refractivity (Wildman–Crippen MR) is 99.5 cm³/mol. The molecule has 2 aromatic carbocycles. The fraction of sp³-hybridized carbons (Fsp3) is 0.0500. The van der Waals surface area contributed by atoms with E-state index < -0.39 is 18.5 Å². The monoisotopic (exact) mass is 374 g/mol. The lowest BCUT2D eigenvalue weighted by Crippen LogP contribution is -2.20. The van der Waals surface area contributed by atoms with Gasteiger partial charge in [0, 0.05) is 11.6 Å². The largest absolute Gasteiger partial charge is 0.452 e. The number of carbonyl (C=O) groups excluding carboxylic acids is 2. The third kappa shape index (κ3) is 5.12. The first-order chi connectivity index (χ1) is 13.6. The number of carbonyl (C=O) groups is 2. The highest BCUT2D eigenvalue weighted by Gasteiger charge is 2.12. The summed E-state index contributed by atoms with van der Waals surface area (Å²) >= 11 is 0. The Balaban J connectivity index is 1.47. The van der Waals surface area contributed by atoms with Crippen LogP contribution in [-0.2, 0) is 14.3 Å². The van der Waals surface area contributed by atoms with Crippen molar-refractivity contribution < 1.29 is 18.7 Å². The van der Waals surface area contributed by atoms with Crippen LogP contribution in [-0.4, -0.2) is 28.7 Å². The van der Waals surface area contributed by atoms with Gasteiger partial charge in [-0.05, 0) is 35.9 Å². The number of benzene rings is 2. The van der Waals surface area contributed by atoms with E-state index in [1.54, 1.807) is 36.4 Å². The summed E-state index contributed by atoms with van der Waals surface area (Å²) in [6.45, 7) is -0.500. The summed E-state index contributed by atoms with van der Waals surface area (Å²) in [6, 6.07) is 17.6. The molecule has 0 saturated heterocycles. The normalized spacial score (nSPS) is 10.4. The van der Waals surface area contributed by atoms with Gasteiger partial charge in [-0.3, -0.25) is 10.1 Å². The number of hydrogen-bond donors (Lipinski definition) is 1. The summed E-state index contributed by atoms with van der Waals surface area (Å²) in [5.41, 5.74) is 1.96. The Hall–Kier alpha value is -4.25. The second-order valence-corrected chi connectivity index (χ2v) is 5.50. The number of hydrogen-bond acceptors (Lipinski definition) is 7. The molecule has 0 unspecified atom stereocenters. The average Bonchev–Trinajstić information content (AvgIpc) is 3.20. The van der Waals surface area contributed by atoms with Crippen molar-refractivity contribution in [2.24, 2.45) is 0 Å². The van der Waals surface area contributed by atoms with Gasteiger partial charge in [0.05, 0.1) is 11.6 Å². The Morgan fingerprint density at radius 3 is 2.57 bits per heavy atom. The second kappa shape index (κ2) is 8.91. The Kier molecular flexibility index (Phi) is 5.90. The number of rotatable bonds is 6. The van der Waals surface area contributed by atoms with Gasteiger partial charge in [-0.1, -0.05) is 35.4 Å². The predicted octanol–water partition coefficient (Wildman–Crippen LogP) is 2.80. The summed E-state index contributed by atoms with van der Waals surface area (Å²) in [7, 11) is 0. The molecule has 0 aliphatic carbocycles. The number of nitrogens with zero attached hydrogens (tertiary/aromatic N) is 3. The highest BCUT2D eigenvalue weighted by molar-refractivity contribution is 5.93. The summed E-state index contributed by atoms with van der Waals surface area (Å²) < 4.78 is 10.2. The van der Waals surface area contributed by atoms with Crippen molar-refractivity contribution in [2.45, 2.75) is 0 Å². The van der Waals surface area contributed by atoms with Crippen LogP contribution in [0.4, 0.5) is 6.01 Å². The minimum Gasteiger partial charge on any atom is -0.452 e. The minimum atomic E-state index is -0.685. The number of aromatic nitrogens is 2. The summed E-state index contributed by atoms with van der Waals surface area (Å²) in [5, 5.41) is 18.7. The van der Waals surface area contributed by atoms with Crippen molar-refractivity contribution in [3.05, 3.63) is 71.8 Å². The van der Waals surface area contributed by atoms with E-state index >= 15 is 0 Å². The van der Waals surface area contributed by atoms with E-state index in [1.165, 1.54) is 12.2 Å². The molecule has 1 amide bonds. The van der Waals surface area contributed by atoms with Crippen LogP contribution < -0.4 is 5.32 Å². The van der Waals surface area contributed by atoms with E-state index in [0.717, 1.165) is 11.1 Å². The first kappa shape index (κ1) is 18.5. The Morgan fingerprint density at radius 1 is 1.11 bits per heavy atom. The summed E-state index contributed by atoms with van der Waals surface area (Å²) in [5.74, 6) is -1.03. The first-order valence-corrected chi connectivity index (χ1v) is 8.18. The number of nitrogens with one attached hydrogen (secondary N) is 1. The maximum absolute atomic E-state index is 11.8. The molecule has 1 heterocycles. The lowest BCUT2D eigenvalue weighted by Gasteiger charge is -2.01. The summed E-state index contributed by atoms with van der Waals surface area (Å²) in [4.78, 5) is 23.5. The quantitative estimate of drug-likeness (QED) is 0.520. The van der Waals surface area contributed by atoms with E-state index in [4.69, 9.17) is 14.4 Å². The fourth-order valence-corrected chi connectivity index (χ4v) is 2.14. The van der Waals surface area contributed by atoms with Crippen molar-refractivity contribution >= 4 is 24.0 Å². The van der Waals surface area contributed by atoms with Gasteiger partial charge in [0.1, 0.15) is 0 Å². The fourth-order valence-electron chi connectivity index (χ4n) is 2.14. The molecule has 8 nitrogen and oxygen atoms in total. The molecule has 0 atom stereocenters. The van der Waals surface area contributed by atoms with Crippen molar-refractivity contribution in [3.63, 3.8) is 0 Å². The third-order valence-corrected chi connectivity index (χ3v) is 3.49. The van der Waals surface area contributed by atoms with Gasteiger partial charge >= 0.3 is 12.0 Å². The van der Waals surface area contributed by atoms with Crippen molar-refractivity contribution in [3.8, 4) is 17.5 Å². The zero-order chi connectivity index (χ0) is 19.8. The summed E-state index contributed by atoms with van der Waals surface area (Å²) in [6.07, 6.45) is 2.71. The molecule has 1 aromatic heterocycles. The lowest BCUT2D eigenvalue weighted by atomic mass is 10.1.